The summed E-state index contributed by atoms with van der Waals surface area (Å²) in [5.41, 5.74) is 3.98. The number of aryl methyl sites for hydroxylation is 1. The van der Waals surface area contributed by atoms with Crippen molar-refractivity contribution in [3.05, 3.63) is 34.9 Å². The molecule has 2 amide bonds. The van der Waals surface area contributed by atoms with Crippen molar-refractivity contribution >= 4 is 11.8 Å². The minimum atomic E-state index is -0.146. The molecule has 2 aliphatic heterocycles. The third-order valence-electron chi connectivity index (χ3n) is 4.05. The van der Waals surface area contributed by atoms with Crippen molar-refractivity contribution < 1.29 is 9.59 Å². The number of carbonyl (C=O) groups excluding carboxylic acids is 2. The van der Waals surface area contributed by atoms with Crippen LogP contribution in [0.2, 0.25) is 0 Å². The molecule has 19 heavy (non-hydrogen) atoms. The highest BCUT2D eigenvalue weighted by Crippen LogP contribution is 2.24. The Hall–Kier alpha value is -1.68. The highest BCUT2D eigenvalue weighted by molar-refractivity contribution is 6.00. The van der Waals surface area contributed by atoms with Crippen LogP contribution in [-0.2, 0) is 22.6 Å². The maximum Gasteiger partial charge on any atom is 0.243 e. The molecule has 4 nitrogen and oxygen atoms in total. The summed E-state index contributed by atoms with van der Waals surface area (Å²) < 4.78 is 0. The highest BCUT2D eigenvalue weighted by atomic mass is 16.2. The molecule has 2 heterocycles. The molecule has 0 saturated carbocycles. The second kappa shape index (κ2) is 4.78. The predicted octanol–water partition coefficient (Wildman–Crippen LogP) is 1.16. The molecule has 1 N–H and O–H groups in total. The molecule has 0 spiro atoms. The van der Waals surface area contributed by atoms with Gasteiger partial charge in [-0.3, -0.25) is 19.8 Å². The molecule has 1 fully saturated rings. The Morgan fingerprint density at radius 3 is 2.84 bits per heavy atom. The van der Waals surface area contributed by atoms with Gasteiger partial charge in [-0.05, 0) is 30.9 Å². The molecule has 0 aliphatic carbocycles. The van der Waals surface area contributed by atoms with Gasteiger partial charge in [-0.2, -0.15) is 0 Å². The molecule has 2 aliphatic rings. The molecule has 1 atom stereocenters. The molecule has 1 saturated heterocycles. The number of rotatable bonds is 1. The van der Waals surface area contributed by atoms with Crippen LogP contribution in [0.3, 0.4) is 0 Å². The van der Waals surface area contributed by atoms with Gasteiger partial charge in [0.15, 0.2) is 0 Å². The summed E-state index contributed by atoms with van der Waals surface area (Å²) in [5.74, 6) is -0.277. The van der Waals surface area contributed by atoms with E-state index in [9.17, 15) is 9.59 Å². The first-order valence-corrected chi connectivity index (χ1v) is 6.79. The van der Waals surface area contributed by atoms with Gasteiger partial charge >= 0.3 is 0 Å². The first-order valence-electron chi connectivity index (χ1n) is 6.79. The zero-order valence-electron chi connectivity index (χ0n) is 11.1. The lowest BCUT2D eigenvalue weighted by Crippen LogP contribution is -2.53. The second-order valence-electron chi connectivity index (χ2n) is 5.46. The average Bonchev–Trinajstić information content (AvgIpc) is 2.38. The van der Waals surface area contributed by atoms with Gasteiger partial charge in [0.25, 0.3) is 0 Å². The number of amides is 2. The Labute approximate surface area is 112 Å². The Morgan fingerprint density at radius 1 is 1.21 bits per heavy atom. The molecular weight excluding hydrogens is 240 g/mol. The van der Waals surface area contributed by atoms with E-state index in [4.69, 9.17) is 0 Å². The van der Waals surface area contributed by atoms with Gasteiger partial charge in [0, 0.05) is 19.5 Å². The second-order valence-corrected chi connectivity index (χ2v) is 5.46. The predicted molar refractivity (Wildman–Crippen MR) is 71.5 cm³/mol. The van der Waals surface area contributed by atoms with E-state index in [0.29, 0.717) is 12.8 Å². The summed E-state index contributed by atoms with van der Waals surface area (Å²) in [6, 6.07) is 6.36. The summed E-state index contributed by atoms with van der Waals surface area (Å²) >= 11 is 0. The normalized spacial score (nSPS) is 23.9. The minimum absolute atomic E-state index is 0.133. The van der Waals surface area contributed by atoms with Crippen LogP contribution in [-0.4, -0.2) is 29.3 Å². The number of piperidine rings is 1. The Kier molecular flexibility index (Phi) is 3.11. The quantitative estimate of drug-likeness (QED) is 0.769. The minimum Gasteiger partial charge on any atom is -0.295 e. The van der Waals surface area contributed by atoms with E-state index in [1.807, 2.05) is 0 Å². The van der Waals surface area contributed by atoms with E-state index in [0.717, 1.165) is 19.5 Å². The van der Waals surface area contributed by atoms with Gasteiger partial charge < -0.3 is 0 Å². The van der Waals surface area contributed by atoms with Gasteiger partial charge in [0.1, 0.15) is 0 Å². The number of nitrogens with zero attached hydrogens (tertiary/aromatic N) is 1. The van der Waals surface area contributed by atoms with E-state index < -0.39 is 0 Å². The van der Waals surface area contributed by atoms with Gasteiger partial charge in [0.2, 0.25) is 11.8 Å². The number of nitrogens with one attached hydrogen (secondary N) is 1. The average molecular weight is 258 g/mol. The zero-order valence-corrected chi connectivity index (χ0v) is 11.1. The molecule has 1 unspecified atom stereocenters. The smallest absolute Gasteiger partial charge is 0.243 e. The molecule has 3 rings (SSSR count). The Balaban J connectivity index is 1.77. The SMILES string of the molecule is Cc1ccc2c(c1)CCN(C1CCC(=O)NC1=O)C2. The first kappa shape index (κ1) is 12.4. The number of benzene rings is 1. The molecule has 1 aromatic carbocycles. The lowest BCUT2D eigenvalue weighted by Gasteiger charge is -2.36. The summed E-state index contributed by atoms with van der Waals surface area (Å²) in [4.78, 5) is 25.3. The number of hydrogen-bond acceptors (Lipinski definition) is 3. The van der Waals surface area contributed by atoms with Crippen LogP contribution in [0.1, 0.15) is 29.5 Å². The van der Waals surface area contributed by atoms with Gasteiger partial charge in [-0.25, -0.2) is 0 Å². The van der Waals surface area contributed by atoms with E-state index in [1.54, 1.807) is 0 Å². The lowest BCUT2D eigenvalue weighted by molar-refractivity contribution is -0.137. The van der Waals surface area contributed by atoms with Crippen LogP contribution >= 0.6 is 0 Å². The summed E-state index contributed by atoms with van der Waals surface area (Å²) in [6.45, 7) is 3.80. The van der Waals surface area contributed by atoms with E-state index in [1.165, 1.54) is 16.7 Å². The van der Waals surface area contributed by atoms with Gasteiger partial charge in [0.05, 0.1) is 6.04 Å². The number of hydrogen-bond donors (Lipinski definition) is 1. The fourth-order valence-corrected chi connectivity index (χ4v) is 3.00. The summed E-state index contributed by atoms with van der Waals surface area (Å²) in [5, 5.41) is 2.44. The molecule has 4 heteroatoms. The maximum absolute atomic E-state index is 11.9. The Bertz CT molecular complexity index is 539. The van der Waals surface area contributed by atoms with Crippen molar-refractivity contribution in [2.75, 3.05) is 6.54 Å². The molecule has 100 valence electrons. The van der Waals surface area contributed by atoms with Crippen LogP contribution < -0.4 is 5.32 Å². The molecule has 0 bridgehead atoms. The van der Waals surface area contributed by atoms with Crippen molar-refractivity contribution in [1.29, 1.82) is 0 Å². The van der Waals surface area contributed by atoms with E-state index in [-0.39, 0.29) is 17.9 Å². The van der Waals surface area contributed by atoms with E-state index in [2.05, 4.69) is 35.3 Å². The van der Waals surface area contributed by atoms with Gasteiger partial charge in [-0.15, -0.1) is 0 Å². The first-order chi connectivity index (χ1) is 9.13. The Morgan fingerprint density at radius 2 is 2.05 bits per heavy atom. The summed E-state index contributed by atoms with van der Waals surface area (Å²) in [7, 11) is 0. The van der Waals surface area contributed by atoms with Crippen LogP contribution in [0, 0.1) is 6.92 Å². The van der Waals surface area contributed by atoms with Crippen molar-refractivity contribution in [2.45, 2.75) is 38.8 Å². The lowest BCUT2D eigenvalue weighted by atomic mass is 9.95. The van der Waals surface area contributed by atoms with Crippen molar-refractivity contribution in [3.63, 3.8) is 0 Å². The van der Waals surface area contributed by atoms with Crippen molar-refractivity contribution in [3.8, 4) is 0 Å². The fourth-order valence-electron chi connectivity index (χ4n) is 3.00. The fraction of sp³-hybridized carbons (Fsp3) is 0.467. The monoisotopic (exact) mass is 258 g/mol. The van der Waals surface area contributed by atoms with Crippen LogP contribution in [0.4, 0.5) is 0 Å². The molecule has 0 aromatic heterocycles. The zero-order chi connectivity index (χ0) is 13.4. The summed E-state index contributed by atoms with van der Waals surface area (Å²) in [6.07, 6.45) is 2.08. The van der Waals surface area contributed by atoms with Crippen LogP contribution in [0.25, 0.3) is 0 Å². The largest absolute Gasteiger partial charge is 0.295 e. The molecular formula is C15H18N2O2. The molecule has 1 aromatic rings. The van der Waals surface area contributed by atoms with Crippen LogP contribution in [0.15, 0.2) is 18.2 Å². The maximum atomic E-state index is 11.9. The topological polar surface area (TPSA) is 49.4 Å². The third kappa shape index (κ3) is 2.40. The number of fused-ring (bicyclic) bond motifs is 1. The highest BCUT2D eigenvalue weighted by Gasteiger charge is 2.33. The van der Waals surface area contributed by atoms with Crippen molar-refractivity contribution in [1.82, 2.24) is 10.2 Å². The van der Waals surface area contributed by atoms with Gasteiger partial charge in [-0.1, -0.05) is 23.8 Å². The standard InChI is InChI=1S/C15H18N2O2/c1-10-2-3-12-9-17(7-6-11(12)8-10)13-4-5-14(18)16-15(13)19/h2-3,8,13H,4-7,9H2,1H3,(H,16,18,19). The number of carbonyl (C=O) groups is 2. The van der Waals surface area contributed by atoms with Crippen LogP contribution in [0.5, 0.6) is 0 Å². The van der Waals surface area contributed by atoms with E-state index >= 15 is 0 Å². The number of imide groups is 1. The van der Waals surface area contributed by atoms with Crippen molar-refractivity contribution in [2.24, 2.45) is 0 Å². The molecule has 0 radical (unpaired) electrons. The third-order valence-corrected chi connectivity index (χ3v) is 4.05.